The van der Waals surface area contributed by atoms with Crippen LogP contribution in [0.1, 0.15) is 18.4 Å². The van der Waals surface area contributed by atoms with Crippen molar-refractivity contribution < 1.29 is 14.2 Å². The van der Waals surface area contributed by atoms with Gasteiger partial charge in [-0.25, -0.2) is 0 Å². The predicted octanol–water partition coefficient (Wildman–Crippen LogP) is 2.30. The van der Waals surface area contributed by atoms with Crippen LogP contribution in [0.2, 0.25) is 5.02 Å². The molecule has 0 amide bonds. The molecule has 1 fully saturated rings. The fourth-order valence-electron chi connectivity index (χ4n) is 3.00. The van der Waals surface area contributed by atoms with E-state index in [0.29, 0.717) is 35.2 Å². The Balaban J connectivity index is 2.16. The van der Waals surface area contributed by atoms with Crippen LogP contribution in [0.3, 0.4) is 0 Å². The van der Waals surface area contributed by atoms with Crippen LogP contribution in [-0.2, 0) is 11.3 Å². The van der Waals surface area contributed by atoms with Crippen molar-refractivity contribution in [2.45, 2.75) is 31.5 Å². The van der Waals surface area contributed by atoms with Crippen molar-refractivity contribution in [3.8, 4) is 11.5 Å². The molecule has 0 aliphatic carbocycles. The summed E-state index contributed by atoms with van der Waals surface area (Å²) in [6.07, 6.45) is 2.26. The highest BCUT2D eigenvalue weighted by atomic mass is 35.5. The molecule has 124 valence electrons. The molecule has 2 unspecified atom stereocenters. The van der Waals surface area contributed by atoms with E-state index in [2.05, 4.69) is 4.90 Å². The van der Waals surface area contributed by atoms with Crippen LogP contribution in [-0.4, -0.2) is 51.5 Å². The zero-order valence-corrected chi connectivity index (χ0v) is 14.2. The van der Waals surface area contributed by atoms with Crippen LogP contribution in [0.5, 0.6) is 11.5 Å². The van der Waals surface area contributed by atoms with Crippen molar-refractivity contribution in [3.05, 3.63) is 22.7 Å². The number of hydrogen-bond donors (Lipinski definition) is 1. The minimum absolute atomic E-state index is 0.297. The van der Waals surface area contributed by atoms with Gasteiger partial charge in [-0.2, -0.15) is 0 Å². The SMILES string of the molecule is COc1ccc(CN2CCC(OC)CC2CN)c(Cl)c1OC. The van der Waals surface area contributed by atoms with Crippen LogP contribution >= 0.6 is 11.6 Å². The normalized spacial score (nSPS) is 22.6. The number of nitrogens with two attached hydrogens (primary N) is 1. The second kappa shape index (κ2) is 8.02. The zero-order chi connectivity index (χ0) is 16.1. The van der Waals surface area contributed by atoms with Gasteiger partial charge < -0.3 is 19.9 Å². The number of methoxy groups -OCH3 is 3. The molecular weight excluding hydrogens is 304 g/mol. The second-order valence-electron chi connectivity index (χ2n) is 5.52. The highest BCUT2D eigenvalue weighted by Crippen LogP contribution is 2.38. The van der Waals surface area contributed by atoms with Crippen molar-refractivity contribution in [2.75, 3.05) is 34.4 Å². The molecule has 2 rings (SSSR count). The quantitative estimate of drug-likeness (QED) is 0.868. The fraction of sp³-hybridized carbons (Fsp3) is 0.625. The van der Waals surface area contributed by atoms with E-state index >= 15 is 0 Å². The van der Waals surface area contributed by atoms with E-state index in [1.807, 2.05) is 12.1 Å². The van der Waals surface area contributed by atoms with Gasteiger partial charge in [0.25, 0.3) is 0 Å². The molecular formula is C16H25ClN2O3. The number of nitrogens with zero attached hydrogens (tertiary/aromatic N) is 1. The number of piperidine rings is 1. The van der Waals surface area contributed by atoms with Crippen molar-refractivity contribution in [1.82, 2.24) is 4.90 Å². The van der Waals surface area contributed by atoms with Gasteiger partial charge in [0.05, 0.1) is 25.3 Å². The van der Waals surface area contributed by atoms with E-state index in [-0.39, 0.29) is 0 Å². The van der Waals surface area contributed by atoms with Crippen LogP contribution in [0, 0.1) is 0 Å². The van der Waals surface area contributed by atoms with Gasteiger partial charge in [0, 0.05) is 32.8 Å². The summed E-state index contributed by atoms with van der Waals surface area (Å²) < 4.78 is 16.1. The van der Waals surface area contributed by atoms with Crippen molar-refractivity contribution in [1.29, 1.82) is 0 Å². The average molecular weight is 329 g/mol. The first-order valence-electron chi connectivity index (χ1n) is 7.50. The highest BCUT2D eigenvalue weighted by Gasteiger charge is 2.28. The van der Waals surface area contributed by atoms with Gasteiger partial charge in [0.2, 0.25) is 0 Å². The van der Waals surface area contributed by atoms with Gasteiger partial charge >= 0.3 is 0 Å². The lowest BCUT2D eigenvalue weighted by Crippen LogP contribution is -2.48. The first-order valence-corrected chi connectivity index (χ1v) is 7.88. The number of benzene rings is 1. The lowest BCUT2D eigenvalue weighted by Gasteiger charge is -2.38. The summed E-state index contributed by atoms with van der Waals surface area (Å²) >= 11 is 6.47. The lowest BCUT2D eigenvalue weighted by molar-refractivity contribution is 0.0102. The number of likely N-dealkylation sites (tertiary alicyclic amines) is 1. The molecule has 5 nitrogen and oxygen atoms in total. The Morgan fingerprint density at radius 3 is 2.64 bits per heavy atom. The standard InChI is InChI=1S/C16H25ClN2O3/c1-20-13-6-7-19(12(8-13)9-18)10-11-4-5-14(21-2)16(22-3)15(11)17/h4-5,12-13H,6-10,18H2,1-3H3. The molecule has 1 aromatic carbocycles. The third-order valence-electron chi connectivity index (χ3n) is 4.33. The third-order valence-corrected chi connectivity index (χ3v) is 4.75. The van der Waals surface area contributed by atoms with Gasteiger partial charge in [0.15, 0.2) is 11.5 Å². The first kappa shape index (κ1) is 17.3. The molecule has 2 atom stereocenters. The monoisotopic (exact) mass is 328 g/mol. The van der Waals surface area contributed by atoms with Gasteiger partial charge in [0.1, 0.15) is 0 Å². The average Bonchev–Trinajstić information content (AvgIpc) is 2.56. The number of rotatable bonds is 6. The highest BCUT2D eigenvalue weighted by molar-refractivity contribution is 6.33. The number of halogens is 1. The van der Waals surface area contributed by atoms with E-state index in [1.54, 1.807) is 21.3 Å². The summed E-state index contributed by atoms with van der Waals surface area (Å²) in [5, 5.41) is 0.603. The van der Waals surface area contributed by atoms with Gasteiger partial charge in [-0.05, 0) is 24.5 Å². The van der Waals surface area contributed by atoms with E-state index in [0.717, 1.165) is 31.5 Å². The summed E-state index contributed by atoms with van der Waals surface area (Å²) in [6, 6.07) is 4.18. The summed E-state index contributed by atoms with van der Waals surface area (Å²) in [6.45, 7) is 2.31. The molecule has 0 spiro atoms. The third kappa shape index (κ3) is 3.66. The Hall–Kier alpha value is -1.01. The maximum atomic E-state index is 6.47. The minimum Gasteiger partial charge on any atom is -0.493 e. The van der Waals surface area contributed by atoms with E-state index in [1.165, 1.54) is 0 Å². The van der Waals surface area contributed by atoms with Crippen LogP contribution in [0.4, 0.5) is 0 Å². The fourth-order valence-corrected chi connectivity index (χ4v) is 3.29. The van der Waals surface area contributed by atoms with E-state index in [4.69, 9.17) is 31.5 Å². The van der Waals surface area contributed by atoms with Gasteiger partial charge in [-0.3, -0.25) is 4.90 Å². The molecule has 0 saturated carbocycles. The molecule has 22 heavy (non-hydrogen) atoms. The summed E-state index contributed by atoms with van der Waals surface area (Å²) in [7, 11) is 4.97. The summed E-state index contributed by atoms with van der Waals surface area (Å²) in [5.74, 6) is 1.22. The van der Waals surface area contributed by atoms with E-state index < -0.39 is 0 Å². The summed E-state index contributed by atoms with van der Waals surface area (Å²) in [4.78, 5) is 2.36. The van der Waals surface area contributed by atoms with Crippen LogP contribution in [0.15, 0.2) is 12.1 Å². The maximum Gasteiger partial charge on any atom is 0.179 e. The molecule has 0 bridgehead atoms. The van der Waals surface area contributed by atoms with E-state index in [9.17, 15) is 0 Å². The Morgan fingerprint density at radius 2 is 2.05 bits per heavy atom. The molecule has 1 saturated heterocycles. The molecule has 6 heteroatoms. The first-order chi connectivity index (χ1) is 10.6. The van der Waals surface area contributed by atoms with Crippen molar-refractivity contribution in [2.24, 2.45) is 5.73 Å². The molecule has 2 N–H and O–H groups in total. The number of ether oxygens (including phenoxy) is 3. The Morgan fingerprint density at radius 1 is 1.27 bits per heavy atom. The minimum atomic E-state index is 0.297. The molecule has 0 radical (unpaired) electrons. The smallest absolute Gasteiger partial charge is 0.179 e. The van der Waals surface area contributed by atoms with Gasteiger partial charge in [-0.1, -0.05) is 17.7 Å². The molecule has 1 aliphatic rings. The molecule has 1 aliphatic heterocycles. The second-order valence-corrected chi connectivity index (χ2v) is 5.89. The summed E-state index contributed by atoms with van der Waals surface area (Å²) in [5.41, 5.74) is 6.95. The topological polar surface area (TPSA) is 57.0 Å². The Bertz CT molecular complexity index is 499. The van der Waals surface area contributed by atoms with Crippen LogP contribution in [0.25, 0.3) is 0 Å². The lowest BCUT2D eigenvalue weighted by atomic mass is 9.98. The maximum absolute atomic E-state index is 6.47. The van der Waals surface area contributed by atoms with Gasteiger partial charge in [-0.15, -0.1) is 0 Å². The Labute approximate surface area is 137 Å². The number of hydrogen-bond acceptors (Lipinski definition) is 5. The zero-order valence-electron chi connectivity index (χ0n) is 13.5. The van der Waals surface area contributed by atoms with Crippen LogP contribution < -0.4 is 15.2 Å². The van der Waals surface area contributed by atoms with Crippen molar-refractivity contribution in [3.63, 3.8) is 0 Å². The molecule has 0 aromatic heterocycles. The Kier molecular flexibility index (Phi) is 6.32. The molecule has 1 heterocycles. The van der Waals surface area contributed by atoms with Crippen molar-refractivity contribution >= 4 is 11.6 Å². The molecule has 1 aromatic rings. The largest absolute Gasteiger partial charge is 0.493 e. The predicted molar refractivity (Wildman–Crippen MR) is 87.8 cm³/mol.